The Labute approximate surface area is 90.1 Å². The molecule has 0 aliphatic carbocycles. The number of carbonyl (C=O) groups excluding carboxylic acids is 1. The second-order valence-electron chi connectivity index (χ2n) is 3.66. The third kappa shape index (κ3) is 3.15. The van der Waals surface area contributed by atoms with E-state index in [1.165, 1.54) is 0 Å². The van der Waals surface area contributed by atoms with Gasteiger partial charge < -0.3 is 4.79 Å². The van der Waals surface area contributed by atoms with Gasteiger partial charge in [0.1, 0.15) is 5.78 Å². The molecule has 0 bridgehead atoms. The number of ketones is 1. The summed E-state index contributed by atoms with van der Waals surface area (Å²) < 4.78 is 0. The van der Waals surface area contributed by atoms with Crippen molar-refractivity contribution in [2.45, 2.75) is 32.6 Å². The second-order valence-corrected chi connectivity index (χ2v) is 4.07. The standard InChI is InChI=1S/C12H15ClO/c1-9(7-8-10(2)14)11-5-3-4-6-12(11)13/h3-6,9H,7-8H2,1-2H3. The molecule has 0 amide bonds. The summed E-state index contributed by atoms with van der Waals surface area (Å²) in [5, 5.41) is 0.795. The molecule has 76 valence electrons. The third-order valence-corrected chi connectivity index (χ3v) is 2.71. The van der Waals surface area contributed by atoms with E-state index in [9.17, 15) is 4.79 Å². The van der Waals surface area contributed by atoms with Crippen LogP contribution in [-0.4, -0.2) is 5.78 Å². The van der Waals surface area contributed by atoms with Crippen molar-refractivity contribution < 1.29 is 4.79 Å². The summed E-state index contributed by atoms with van der Waals surface area (Å²) in [6, 6.07) is 7.81. The third-order valence-electron chi connectivity index (χ3n) is 2.37. The maximum Gasteiger partial charge on any atom is 0.129 e. The van der Waals surface area contributed by atoms with Crippen LogP contribution in [0, 0.1) is 0 Å². The molecule has 0 aromatic heterocycles. The van der Waals surface area contributed by atoms with Crippen LogP contribution in [0.1, 0.15) is 38.2 Å². The van der Waals surface area contributed by atoms with E-state index < -0.39 is 0 Å². The molecule has 0 fully saturated rings. The van der Waals surface area contributed by atoms with Crippen LogP contribution in [0.25, 0.3) is 0 Å². The number of Topliss-reactive ketones (excluding diaryl/α,β-unsaturated/α-hetero) is 1. The molecule has 0 aliphatic heterocycles. The van der Waals surface area contributed by atoms with Crippen LogP contribution >= 0.6 is 11.6 Å². The van der Waals surface area contributed by atoms with Crippen LogP contribution in [0.3, 0.4) is 0 Å². The van der Waals surface area contributed by atoms with Gasteiger partial charge in [-0.25, -0.2) is 0 Å². The molecule has 2 heteroatoms. The Bertz CT molecular complexity index is 320. The Kier molecular flexibility index (Phi) is 4.15. The summed E-state index contributed by atoms with van der Waals surface area (Å²) in [4.78, 5) is 10.8. The van der Waals surface area contributed by atoms with Gasteiger partial charge in [-0.05, 0) is 30.9 Å². The van der Waals surface area contributed by atoms with Crippen molar-refractivity contribution >= 4 is 17.4 Å². The first kappa shape index (κ1) is 11.3. The van der Waals surface area contributed by atoms with Gasteiger partial charge in [-0.3, -0.25) is 0 Å². The van der Waals surface area contributed by atoms with Crippen LogP contribution in [0.4, 0.5) is 0 Å². The minimum Gasteiger partial charge on any atom is -0.300 e. The van der Waals surface area contributed by atoms with Gasteiger partial charge in [-0.15, -0.1) is 0 Å². The molecular formula is C12H15ClO. The van der Waals surface area contributed by atoms with Crippen LogP contribution in [0.15, 0.2) is 24.3 Å². The highest BCUT2D eigenvalue weighted by molar-refractivity contribution is 6.31. The first-order chi connectivity index (χ1) is 6.61. The largest absolute Gasteiger partial charge is 0.300 e. The number of halogens is 1. The van der Waals surface area contributed by atoms with E-state index in [1.807, 2.05) is 24.3 Å². The number of hydrogen-bond donors (Lipinski definition) is 0. The molecular weight excluding hydrogens is 196 g/mol. The van der Waals surface area contributed by atoms with Gasteiger partial charge in [0, 0.05) is 11.4 Å². The molecule has 0 radical (unpaired) electrons. The van der Waals surface area contributed by atoms with Gasteiger partial charge in [-0.1, -0.05) is 36.7 Å². The molecule has 0 spiro atoms. The van der Waals surface area contributed by atoms with Crippen LogP contribution in [0.5, 0.6) is 0 Å². The summed E-state index contributed by atoms with van der Waals surface area (Å²) in [6.45, 7) is 3.73. The van der Waals surface area contributed by atoms with Crippen LogP contribution in [0.2, 0.25) is 5.02 Å². The van der Waals surface area contributed by atoms with Crippen molar-refractivity contribution in [2.24, 2.45) is 0 Å². The Morgan fingerprint density at radius 2 is 2.07 bits per heavy atom. The summed E-state index contributed by atoms with van der Waals surface area (Å²) in [5.74, 6) is 0.594. The molecule has 1 nitrogen and oxygen atoms in total. The number of rotatable bonds is 4. The first-order valence-corrected chi connectivity index (χ1v) is 5.23. The van der Waals surface area contributed by atoms with E-state index in [4.69, 9.17) is 11.6 Å². The highest BCUT2D eigenvalue weighted by Gasteiger charge is 2.09. The van der Waals surface area contributed by atoms with E-state index in [-0.39, 0.29) is 5.78 Å². The summed E-state index contributed by atoms with van der Waals surface area (Å²) >= 11 is 6.05. The van der Waals surface area contributed by atoms with Crippen molar-refractivity contribution in [2.75, 3.05) is 0 Å². The Hall–Kier alpha value is -0.820. The predicted octanol–water partition coefficient (Wildman–Crippen LogP) is 3.81. The average molecular weight is 211 g/mol. The predicted molar refractivity (Wildman–Crippen MR) is 59.8 cm³/mol. The smallest absolute Gasteiger partial charge is 0.129 e. The highest BCUT2D eigenvalue weighted by atomic mass is 35.5. The van der Waals surface area contributed by atoms with E-state index in [0.29, 0.717) is 12.3 Å². The van der Waals surface area contributed by atoms with E-state index in [0.717, 1.165) is 17.0 Å². The Morgan fingerprint density at radius 1 is 1.43 bits per heavy atom. The molecule has 0 N–H and O–H groups in total. The molecule has 1 atom stereocenters. The zero-order valence-electron chi connectivity index (χ0n) is 8.59. The molecule has 1 rings (SSSR count). The van der Waals surface area contributed by atoms with Crippen molar-refractivity contribution in [3.8, 4) is 0 Å². The fourth-order valence-electron chi connectivity index (χ4n) is 1.45. The fourth-order valence-corrected chi connectivity index (χ4v) is 1.77. The lowest BCUT2D eigenvalue weighted by Gasteiger charge is -2.12. The molecule has 0 aliphatic rings. The Balaban J connectivity index is 2.65. The quantitative estimate of drug-likeness (QED) is 0.739. The van der Waals surface area contributed by atoms with E-state index in [2.05, 4.69) is 6.92 Å². The van der Waals surface area contributed by atoms with Gasteiger partial charge in [-0.2, -0.15) is 0 Å². The fraction of sp³-hybridized carbons (Fsp3) is 0.417. The minimum absolute atomic E-state index is 0.240. The second kappa shape index (κ2) is 5.16. The van der Waals surface area contributed by atoms with Crippen molar-refractivity contribution in [3.63, 3.8) is 0 Å². The van der Waals surface area contributed by atoms with Gasteiger partial charge in [0.05, 0.1) is 0 Å². The van der Waals surface area contributed by atoms with E-state index in [1.54, 1.807) is 6.92 Å². The average Bonchev–Trinajstić information content (AvgIpc) is 2.15. The minimum atomic E-state index is 0.240. The van der Waals surface area contributed by atoms with Gasteiger partial charge in [0.15, 0.2) is 0 Å². The van der Waals surface area contributed by atoms with Gasteiger partial charge in [0.25, 0.3) is 0 Å². The monoisotopic (exact) mass is 210 g/mol. The molecule has 0 heterocycles. The highest BCUT2D eigenvalue weighted by Crippen LogP contribution is 2.27. The number of hydrogen-bond acceptors (Lipinski definition) is 1. The first-order valence-electron chi connectivity index (χ1n) is 4.85. The zero-order chi connectivity index (χ0) is 10.6. The molecule has 1 aromatic carbocycles. The lowest BCUT2D eigenvalue weighted by Crippen LogP contribution is -1.98. The lowest BCUT2D eigenvalue weighted by atomic mass is 9.95. The lowest BCUT2D eigenvalue weighted by molar-refractivity contribution is -0.117. The van der Waals surface area contributed by atoms with Crippen molar-refractivity contribution in [3.05, 3.63) is 34.9 Å². The molecule has 14 heavy (non-hydrogen) atoms. The number of benzene rings is 1. The normalized spacial score (nSPS) is 12.5. The summed E-state index contributed by atoms with van der Waals surface area (Å²) in [7, 11) is 0. The van der Waals surface area contributed by atoms with E-state index >= 15 is 0 Å². The molecule has 1 unspecified atom stereocenters. The van der Waals surface area contributed by atoms with Crippen LogP contribution < -0.4 is 0 Å². The Morgan fingerprint density at radius 3 is 2.64 bits per heavy atom. The summed E-state index contributed by atoms with van der Waals surface area (Å²) in [5.41, 5.74) is 1.13. The molecule has 1 aromatic rings. The maximum absolute atomic E-state index is 10.8. The van der Waals surface area contributed by atoms with Gasteiger partial charge >= 0.3 is 0 Å². The molecule has 0 saturated carbocycles. The topological polar surface area (TPSA) is 17.1 Å². The molecule has 0 saturated heterocycles. The summed E-state index contributed by atoms with van der Waals surface area (Å²) in [6.07, 6.45) is 1.51. The maximum atomic E-state index is 10.8. The SMILES string of the molecule is CC(=O)CCC(C)c1ccccc1Cl. The number of carbonyl (C=O) groups is 1. The van der Waals surface area contributed by atoms with Gasteiger partial charge in [0.2, 0.25) is 0 Å². The zero-order valence-corrected chi connectivity index (χ0v) is 9.34. The van der Waals surface area contributed by atoms with Crippen molar-refractivity contribution in [1.29, 1.82) is 0 Å². The van der Waals surface area contributed by atoms with Crippen molar-refractivity contribution in [1.82, 2.24) is 0 Å². The van der Waals surface area contributed by atoms with Crippen LogP contribution in [-0.2, 0) is 4.79 Å².